The van der Waals surface area contributed by atoms with Crippen LogP contribution in [0.4, 0.5) is 36.7 Å². The topological polar surface area (TPSA) is 85.9 Å². The maximum absolute atomic E-state index is 13.8. The second-order valence-electron chi connectivity index (χ2n) is 8.21. The molecule has 0 radical (unpaired) electrons. The van der Waals surface area contributed by atoms with Crippen LogP contribution in [0, 0.1) is 12.7 Å². The fourth-order valence-electron chi connectivity index (χ4n) is 3.88. The first kappa shape index (κ1) is 23.9. The maximum Gasteiger partial charge on any atom is 0.323 e. The van der Waals surface area contributed by atoms with E-state index in [2.05, 4.69) is 20.9 Å². The van der Waals surface area contributed by atoms with Gasteiger partial charge in [0.15, 0.2) is 0 Å². The van der Waals surface area contributed by atoms with Crippen molar-refractivity contribution in [3.8, 4) is 5.75 Å². The van der Waals surface area contributed by atoms with Gasteiger partial charge in [-0.25, -0.2) is 14.0 Å². The number of anilines is 4. The Morgan fingerprint density at radius 2 is 1.57 bits per heavy atom. The Labute approximate surface area is 203 Å². The minimum Gasteiger partial charge on any atom is -0.495 e. The van der Waals surface area contributed by atoms with E-state index >= 15 is 0 Å². The third-order valence-corrected chi connectivity index (χ3v) is 5.78. The van der Waals surface area contributed by atoms with Crippen molar-refractivity contribution in [3.05, 3.63) is 78.1 Å². The number of hydrogen-bond donors (Lipinski definition) is 3. The number of rotatable bonds is 5. The number of piperazine rings is 1. The van der Waals surface area contributed by atoms with Crippen LogP contribution in [0.2, 0.25) is 0 Å². The van der Waals surface area contributed by atoms with Gasteiger partial charge in [-0.15, -0.1) is 0 Å². The normalized spacial score (nSPS) is 13.2. The molecule has 3 aromatic carbocycles. The van der Waals surface area contributed by atoms with Crippen molar-refractivity contribution in [1.82, 2.24) is 4.90 Å². The molecule has 0 saturated carbocycles. The molecule has 3 aromatic rings. The molecule has 182 valence electrons. The Hall–Kier alpha value is -4.27. The zero-order valence-corrected chi connectivity index (χ0v) is 19.7. The average molecular weight is 478 g/mol. The van der Waals surface area contributed by atoms with E-state index in [9.17, 15) is 14.0 Å². The molecule has 0 atom stereocenters. The van der Waals surface area contributed by atoms with Crippen LogP contribution in [0.3, 0.4) is 0 Å². The largest absolute Gasteiger partial charge is 0.495 e. The number of aryl methyl sites for hydroxylation is 1. The van der Waals surface area contributed by atoms with E-state index in [-0.39, 0.29) is 17.7 Å². The molecular weight excluding hydrogens is 449 g/mol. The molecular formula is C26H28FN5O3. The number of ether oxygens (including phenoxy) is 1. The molecule has 0 bridgehead atoms. The smallest absolute Gasteiger partial charge is 0.323 e. The molecule has 3 N–H and O–H groups in total. The fourth-order valence-corrected chi connectivity index (χ4v) is 3.88. The van der Waals surface area contributed by atoms with Gasteiger partial charge in [-0.1, -0.05) is 18.2 Å². The van der Waals surface area contributed by atoms with Gasteiger partial charge in [0.1, 0.15) is 11.6 Å². The highest BCUT2D eigenvalue weighted by atomic mass is 19.1. The second-order valence-corrected chi connectivity index (χ2v) is 8.21. The van der Waals surface area contributed by atoms with Crippen molar-refractivity contribution in [2.75, 3.05) is 54.1 Å². The number of carbonyl (C=O) groups is 2. The van der Waals surface area contributed by atoms with Crippen LogP contribution in [0.5, 0.6) is 5.75 Å². The molecule has 4 amide bonds. The number of para-hydroxylation sites is 1. The third kappa shape index (κ3) is 6.00. The van der Waals surface area contributed by atoms with Gasteiger partial charge < -0.3 is 30.5 Å². The van der Waals surface area contributed by atoms with Gasteiger partial charge in [0, 0.05) is 37.6 Å². The molecule has 9 heteroatoms. The molecule has 0 aliphatic carbocycles. The van der Waals surface area contributed by atoms with E-state index in [0.717, 1.165) is 11.3 Å². The number of benzene rings is 3. The number of carbonyl (C=O) groups excluding carboxylic acids is 2. The fraction of sp³-hybridized carbons (Fsp3) is 0.231. The minimum atomic E-state index is -0.458. The summed E-state index contributed by atoms with van der Waals surface area (Å²) < 4.78 is 19.1. The molecule has 8 nitrogen and oxygen atoms in total. The Balaban J connectivity index is 1.29. The summed E-state index contributed by atoms with van der Waals surface area (Å²) in [4.78, 5) is 28.8. The maximum atomic E-state index is 13.8. The zero-order valence-electron chi connectivity index (χ0n) is 19.7. The minimum absolute atomic E-state index is 0.174. The van der Waals surface area contributed by atoms with E-state index in [0.29, 0.717) is 43.3 Å². The van der Waals surface area contributed by atoms with Crippen molar-refractivity contribution in [3.63, 3.8) is 0 Å². The standard InChI is InChI=1S/C26H28FN5O3/c1-18-7-12-24(35-2)23(17-18)29-25(33)28-19-8-10-20(11-9-19)31-13-15-32(16-14-31)26(34)30-22-6-4-3-5-21(22)27/h3-12,17H,13-16H2,1-2H3,(H,30,34)(H2,28,29,33). The Kier molecular flexibility index (Phi) is 7.35. The van der Waals surface area contributed by atoms with Crippen LogP contribution in [-0.4, -0.2) is 50.3 Å². The number of nitrogens with zero attached hydrogens (tertiary/aromatic N) is 2. The van der Waals surface area contributed by atoms with Gasteiger partial charge in [0.2, 0.25) is 0 Å². The highest BCUT2D eigenvalue weighted by molar-refractivity contribution is 6.00. The molecule has 1 heterocycles. The second kappa shape index (κ2) is 10.8. The lowest BCUT2D eigenvalue weighted by atomic mass is 10.2. The summed E-state index contributed by atoms with van der Waals surface area (Å²) in [6.07, 6.45) is 0. The Morgan fingerprint density at radius 3 is 2.26 bits per heavy atom. The summed E-state index contributed by atoms with van der Waals surface area (Å²) in [5.74, 6) is 0.128. The number of hydrogen-bond acceptors (Lipinski definition) is 4. The van der Waals surface area contributed by atoms with E-state index in [4.69, 9.17) is 4.74 Å². The van der Waals surface area contributed by atoms with Crippen molar-refractivity contribution in [2.45, 2.75) is 6.92 Å². The summed E-state index contributed by atoms with van der Waals surface area (Å²) in [6, 6.07) is 18.5. The lowest BCUT2D eigenvalue weighted by Crippen LogP contribution is -2.50. The number of halogens is 1. The molecule has 1 aliphatic heterocycles. The Morgan fingerprint density at radius 1 is 0.857 bits per heavy atom. The summed E-state index contributed by atoms with van der Waals surface area (Å²) in [5.41, 5.74) is 3.42. The van der Waals surface area contributed by atoms with Crippen molar-refractivity contribution >= 4 is 34.8 Å². The van der Waals surface area contributed by atoms with Crippen LogP contribution in [-0.2, 0) is 0 Å². The highest BCUT2D eigenvalue weighted by Gasteiger charge is 2.22. The van der Waals surface area contributed by atoms with Crippen LogP contribution < -0.4 is 25.6 Å². The van der Waals surface area contributed by atoms with Crippen LogP contribution in [0.15, 0.2) is 66.7 Å². The lowest BCUT2D eigenvalue weighted by Gasteiger charge is -2.36. The quantitative estimate of drug-likeness (QED) is 0.475. The Bertz CT molecular complexity index is 1190. The molecule has 0 aromatic heterocycles. The number of methoxy groups -OCH3 is 1. The molecule has 35 heavy (non-hydrogen) atoms. The number of amides is 4. The number of nitrogens with one attached hydrogen (secondary N) is 3. The first-order chi connectivity index (χ1) is 16.9. The van der Waals surface area contributed by atoms with Crippen LogP contribution in [0.1, 0.15) is 5.56 Å². The molecule has 0 unspecified atom stereocenters. The summed E-state index contributed by atoms with van der Waals surface area (Å²) >= 11 is 0. The van der Waals surface area contributed by atoms with Gasteiger partial charge in [0.05, 0.1) is 18.5 Å². The van der Waals surface area contributed by atoms with E-state index in [1.54, 1.807) is 24.1 Å². The lowest BCUT2D eigenvalue weighted by molar-refractivity contribution is 0.208. The van der Waals surface area contributed by atoms with Gasteiger partial charge in [-0.05, 0) is 61.0 Å². The first-order valence-electron chi connectivity index (χ1n) is 11.3. The van der Waals surface area contributed by atoms with Gasteiger partial charge in [-0.2, -0.15) is 0 Å². The highest BCUT2D eigenvalue weighted by Crippen LogP contribution is 2.26. The molecule has 1 saturated heterocycles. The predicted molar refractivity (Wildman–Crippen MR) is 136 cm³/mol. The van der Waals surface area contributed by atoms with Crippen molar-refractivity contribution < 1.29 is 18.7 Å². The van der Waals surface area contributed by atoms with Gasteiger partial charge >= 0.3 is 12.1 Å². The van der Waals surface area contributed by atoms with E-state index in [1.165, 1.54) is 12.1 Å². The summed E-state index contributed by atoms with van der Waals surface area (Å²) in [7, 11) is 1.56. The van der Waals surface area contributed by atoms with Gasteiger partial charge in [0.25, 0.3) is 0 Å². The van der Waals surface area contributed by atoms with E-state index < -0.39 is 5.82 Å². The third-order valence-electron chi connectivity index (χ3n) is 5.78. The van der Waals surface area contributed by atoms with Crippen molar-refractivity contribution in [2.24, 2.45) is 0 Å². The average Bonchev–Trinajstić information content (AvgIpc) is 2.86. The SMILES string of the molecule is COc1ccc(C)cc1NC(=O)Nc1ccc(N2CCN(C(=O)Nc3ccccc3F)CC2)cc1. The molecule has 1 aliphatic rings. The molecule has 4 rings (SSSR count). The van der Waals surface area contributed by atoms with Crippen molar-refractivity contribution in [1.29, 1.82) is 0 Å². The number of urea groups is 2. The zero-order chi connectivity index (χ0) is 24.8. The molecule has 0 spiro atoms. The molecule has 1 fully saturated rings. The summed E-state index contributed by atoms with van der Waals surface area (Å²) in [5, 5.41) is 8.26. The van der Waals surface area contributed by atoms with E-state index in [1.807, 2.05) is 49.4 Å². The predicted octanol–water partition coefficient (Wildman–Crippen LogP) is 5.14. The first-order valence-corrected chi connectivity index (χ1v) is 11.3. The monoisotopic (exact) mass is 477 g/mol. The van der Waals surface area contributed by atoms with Gasteiger partial charge in [-0.3, -0.25) is 0 Å². The summed E-state index contributed by atoms with van der Waals surface area (Å²) in [6.45, 7) is 4.26. The van der Waals surface area contributed by atoms with Crippen LogP contribution in [0.25, 0.3) is 0 Å². The van der Waals surface area contributed by atoms with Crippen LogP contribution >= 0.6 is 0 Å².